The van der Waals surface area contributed by atoms with Crippen molar-refractivity contribution in [2.24, 2.45) is 0 Å². The summed E-state index contributed by atoms with van der Waals surface area (Å²) in [7, 11) is 0. The van der Waals surface area contributed by atoms with Crippen LogP contribution in [0.1, 0.15) is 11.1 Å². The maximum absolute atomic E-state index is 12.7. The van der Waals surface area contributed by atoms with Gasteiger partial charge in [-0.2, -0.15) is 5.26 Å². The van der Waals surface area contributed by atoms with E-state index in [4.69, 9.17) is 5.26 Å². The van der Waals surface area contributed by atoms with E-state index in [9.17, 15) is 4.39 Å². The van der Waals surface area contributed by atoms with Crippen LogP contribution in [-0.4, -0.2) is 5.33 Å². The van der Waals surface area contributed by atoms with Gasteiger partial charge in [0.25, 0.3) is 0 Å². The number of nitriles is 1. The summed E-state index contributed by atoms with van der Waals surface area (Å²) < 4.78 is 12.7. The van der Waals surface area contributed by atoms with Crippen molar-refractivity contribution >= 4 is 15.9 Å². The third-order valence-corrected chi connectivity index (χ3v) is 1.95. The fraction of sp³-hybridized carbons (Fsp3) is 0.222. The van der Waals surface area contributed by atoms with Crippen LogP contribution in [0.5, 0.6) is 0 Å². The highest BCUT2D eigenvalue weighted by molar-refractivity contribution is 9.09. The van der Waals surface area contributed by atoms with E-state index >= 15 is 0 Å². The summed E-state index contributed by atoms with van der Waals surface area (Å²) in [5.74, 6) is -0.287. The van der Waals surface area contributed by atoms with Crippen LogP contribution in [0.25, 0.3) is 0 Å². The number of halogens is 2. The summed E-state index contributed by atoms with van der Waals surface area (Å²) in [4.78, 5) is 0. The van der Waals surface area contributed by atoms with E-state index in [-0.39, 0.29) is 5.82 Å². The first-order valence-electron chi connectivity index (χ1n) is 3.52. The van der Waals surface area contributed by atoms with Gasteiger partial charge < -0.3 is 0 Å². The zero-order chi connectivity index (χ0) is 8.97. The molecule has 0 amide bonds. The second kappa shape index (κ2) is 4.22. The minimum absolute atomic E-state index is 0.287. The molecule has 1 rings (SSSR count). The summed E-state index contributed by atoms with van der Waals surface area (Å²) in [6, 6.07) is 6.23. The van der Waals surface area contributed by atoms with Crippen LogP contribution in [0.15, 0.2) is 18.2 Å². The summed E-state index contributed by atoms with van der Waals surface area (Å²) in [5, 5.41) is 9.39. The Kier molecular flexibility index (Phi) is 3.24. The summed E-state index contributed by atoms with van der Waals surface area (Å²) >= 11 is 3.24. The Labute approximate surface area is 79.0 Å². The van der Waals surface area contributed by atoms with Gasteiger partial charge in [0.05, 0.1) is 11.6 Å². The zero-order valence-electron chi connectivity index (χ0n) is 6.35. The first-order valence-corrected chi connectivity index (χ1v) is 4.64. The van der Waals surface area contributed by atoms with Crippen LogP contribution in [0, 0.1) is 17.1 Å². The molecule has 0 N–H and O–H groups in total. The van der Waals surface area contributed by atoms with E-state index in [2.05, 4.69) is 15.9 Å². The van der Waals surface area contributed by atoms with Gasteiger partial charge in [0.1, 0.15) is 5.82 Å². The van der Waals surface area contributed by atoms with Crippen molar-refractivity contribution in [3.8, 4) is 6.07 Å². The molecular weight excluding hydrogens is 221 g/mol. The number of rotatable bonds is 2. The average Bonchev–Trinajstić information content (AvgIpc) is 2.05. The predicted molar refractivity (Wildman–Crippen MR) is 48.6 cm³/mol. The van der Waals surface area contributed by atoms with Gasteiger partial charge in [0.15, 0.2) is 0 Å². The summed E-state index contributed by atoms with van der Waals surface area (Å²) in [6.45, 7) is 0. The molecule has 3 heteroatoms. The topological polar surface area (TPSA) is 23.8 Å². The normalized spacial score (nSPS) is 9.42. The fourth-order valence-electron chi connectivity index (χ4n) is 0.980. The number of hydrogen-bond donors (Lipinski definition) is 0. The van der Waals surface area contributed by atoms with Crippen LogP contribution >= 0.6 is 15.9 Å². The molecule has 0 bridgehead atoms. The van der Waals surface area contributed by atoms with Crippen molar-refractivity contribution in [2.75, 3.05) is 5.33 Å². The smallest absolute Gasteiger partial charge is 0.123 e. The molecule has 1 nitrogen and oxygen atoms in total. The van der Waals surface area contributed by atoms with Crippen molar-refractivity contribution in [2.45, 2.75) is 6.42 Å². The van der Waals surface area contributed by atoms with Crippen molar-refractivity contribution < 1.29 is 4.39 Å². The third-order valence-electron chi connectivity index (χ3n) is 1.55. The van der Waals surface area contributed by atoms with Crippen LogP contribution in [0.4, 0.5) is 4.39 Å². The highest BCUT2D eigenvalue weighted by atomic mass is 79.9. The van der Waals surface area contributed by atoms with Gasteiger partial charge in [-0.25, -0.2) is 4.39 Å². The van der Waals surface area contributed by atoms with E-state index in [0.717, 1.165) is 10.9 Å². The molecule has 0 aromatic heterocycles. The lowest BCUT2D eigenvalue weighted by molar-refractivity contribution is 0.625. The molecule has 0 saturated heterocycles. The molecule has 62 valence electrons. The Morgan fingerprint density at radius 1 is 1.50 bits per heavy atom. The molecule has 0 aliphatic heterocycles. The minimum atomic E-state index is -0.287. The highest BCUT2D eigenvalue weighted by Gasteiger charge is 2.01. The molecule has 12 heavy (non-hydrogen) atoms. The number of benzene rings is 1. The Hall–Kier alpha value is -0.880. The van der Waals surface area contributed by atoms with Crippen LogP contribution < -0.4 is 0 Å². The Bertz CT molecular complexity index is 317. The van der Waals surface area contributed by atoms with Gasteiger partial charge in [-0.05, 0) is 30.2 Å². The number of nitrogens with zero attached hydrogens (tertiary/aromatic N) is 1. The predicted octanol–water partition coefficient (Wildman–Crippen LogP) is 2.63. The second-order valence-electron chi connectivity index (χ2n) is 2.35. The lowest BCUT2D eigenvalue weighted by atomic mass is 10.1. The Morgan fingerprint density at radius 3 is 2.83 bits per heavy atom. The molecule has 0 unspecified atom stereocenters. The third kappa shape index (κ3) is 2.05. The van der Waals surface area contributed by atoms with Gasteiger partial charge in [0.2, 0.25) is 0 Å². The van der Waals surface area contributed by atoms with Gasteiger partial charge in [0, 0.05) is 5.33 Å². The van der Waals surface area contributed by atoms with Crippen molar-refractivity contribution in [1.29, 1.82) is 5.26 Å². The Morgan fingerprint density at radius 2 is 2.25 bits per heavy atom. The average molecular weight is 228 g/mol. The van der Waals surface area contributed by atoms with E-state index in [0.29, 0.717) is 12.0 Å². The molecule has 0 atom stereocenters. The minimum Gasteiger partial charge on any atom is -0.207 e. The van der Waals surface area contributed by atoms with Crippen molar-refractivity contribution in [3.63, 3.8) is 0 Å². The first-order chi connectivity index (χ1) is 5.77. The van der Waals surface area contributed by atoms with Gasteiger partial charge >= 0.3 is 0 Å². The van der Waals surface area contributed by atoms with Crippen LogP contribution in [0.3, 0.4) is 0 Å². The van der Waals surface area contributed by atoms with Crippen molar-refractivity contribution in [3.05, 3.63) is 35.1 Å². The molecule has 1 aromatic carbocycles. The number of aryl methyl sites for hydroxylation is 1. The largest absolute Gasteiger partial charge is 0.207 e. The first kappa shape index (κ1) is 9.21. The SMILES string of the molecule is N#Cc1ccc(F)cc1CCBr. The number of alkyl halides is 1. The van der Waals surface area contributed by atoms with Gasteiger partial charge in [-0.15, -0.1) is 0 Å². The molecule has 1 aromatic rings. The van der Waals surface area contributed by atoms with Gasteiger partial charge in [-0.1, -0.05) is 15.9 Å². The van der Waals surface area contributed by atoms with Crippen molar-refractivity contribution in [1.82, 2.24) is 0 Å². The molecule has 0 fully saturated rings. The summed E-state index contributed by atoms with van der Waals surface area (Å²) in [6.07, 6.45) is 0.681. The molecular formula is C9H7BrFN. The maximum Gasteiger partial charge on any atom is 0.123 e. The molecule has 0 spiro atoms. The standard InChI is InChI=1S/C9H7BrFN/c10-4-3-7-5-9(11)2-1-8(7)6-12/h1-2,5H,3-4H2. The molecule has 0 aliphatic rings. The monoisotopic (exact) mass is 227 g/mol. The zero-order valence-corrected chi connectivity index (χ0v) is 7.94. The molecule has 0 radical (unpaired) electrons. The van der Waals surface area contributed by atoms with Crippen LogP contribution in [0.2, 0.25) is 0 Å². The van der Waals surface area contributed by atoms with Crippen LogP contribution in [-0.2, 0) is 6.42 Å². The second-order valence-corrected chi connectivity index (χ2v) is 3.15. The van der Waals surface area contributed by atoms with E-state index in [1.807, 2.05) is 6.07 Å². The molecule has 0 saturated carbocycles. The van der Waals surface area contributed by atoms with Gasteiger partial charge in [-0.3, -0.25) is 0 Å². The highest BCUT2D eigenvalue weighted by Crippen LogP contribution is 2.11. The Balaban J connectivity index is 3.06. The lowest BCUT2D eigenvalue weighted by Gasteiger charge is -2.00. The number of hydrogen-bond acceptors (Lipinski definition) is 1. The quantitative estimate of drug-likeness (QED) is 0.713. The summed E-state index contributed by atoms with van der Waals surface area (Å²) in [5.41, 5.74) is 1.31. The molecule has 0 heterocycles. The van der Waals surface area contributed by atoms with E-state index < -0.39 is 0 Å². The lowest BCUT2D eigenvalue weighted by Crippen LogP contribution is -1.92. The maximum atomic E-state index is 12.7. The fourth-order valence-corrected chi connectivity index (χ4v) is 1.41. The molecule has 0 aliphatic carbocycles. The van der Waals surface area contributed by atoms with E-state index in [1.54, 1.807) is 0 Å². The van der Waals surface area contributed by atoms with E-state index in [1.165, 1.54) is 18.2 Å².